The van der Waals surface area contributed by atoms with Gasteiger partial charge < -0.3 is 18.5 Å². The van der Waals surface area contributed by atoms with Crippen LogP contribution in [-0.2, 0) is 9.53 Å². The van der Waals surface area contributed by atoms with Gasteiger partial charge in [0.2, 0.25) is 0 Å². The van der Waals surface area contributed by atoms with Crippen molar-refractivity contribution in [2.75, 3.05) is 12.9 Å². The Balaban J connectivity index is 1.95. The average Bonchev–Trinajstić information content (AvgIpc) is 3.25. The molecule has 2 aromatic heterocycles. The van der Waals surface area contributed by atoms with E-state index in [0.717, 1.165) is 0 Å². The second kappa shape index (κ2) is 5.69. The summed E-state index contributed by atoms with van der Waals surface area (Å²) in [5.74, 6) is 0.442. The largest absolute Gasteiger partial charge is 0.467 e. The third kappa shape index (κ3) is 2.44. The van der Waals surface area contributed by atoms with Crippen LogP contribution in [0.2, 0.25) is 0 Å². The van der Waals surface area contributed by atoms with Gasteiger partial charge in [-0.1, -0.05) is 0 Å². The van der Waals surface area contributed by atoms with Gasteiger partial charge in [0.05, 0.1) is 19.6 Å². The van der Waals surface area contributed by atoms with E-state index in [1.807, 2.05) is 0 Å². The summed E-state index contributed by atoms with van der Waals surface area (Å²) in [4.78, 5) is 26.0. The van der Waals surface area contributed by atoms with E-state index < -0.39 is 12.0 Å². The van der Waals surface area contributed by atoms with Gasteiger partial charge in [0, 0.05) is 5.75 Å². The standard InChI is InChI=1S/C14H13NO5S/c1-18-14(17)9-8-21-13(11-5-3-7-20-11)15(9)12(16)10-4-2-6-19-10/h2-7,9,13H,8H2,1H3. The quantitative estimate of drug-likeness (QED) is 0.810. The number of ether oxygens (including phenoxy) is 1. The molecule has 3 rings (SSSR count). The second-order valence-corrected chi connectivity index (χ2v) is 5.54. The SMILES string of the molecule is COC(=O)C1CSC(c2ccco2)N1C(=O)c1ccco1. The summed E-state index contributed by atoms with van der Waals surface area (Å²) in [5, 5.41) is -0.373. The van der Waals surface area contributed by atoms with Crippen molar-refractivity contribution in [2.45, 2.75) is 11.4 Å². The molecule has 0 N–H and O–H groups in total. The highest BCUT2D eigenvalue weighted by molar-refractivity contribution is 7.99. The Morgan fingerprint density at radius 1 is 1.29 bits per heavy atom. The topological polar surface area (TPSA) is 72.9 Å². The highest BCUT2D eigenvalue weighted by Gasteiger charge is 2.45. The fraction of sp³-hybridized carbons (Fsp3) is 0.286. The number of hydrogen-bond donors (Lipinski definition) is 0. The molecule has 0 bridgehead atoms. The van der Waals surface area contributed by atoms with E-state index in [-0.39, 0.29) is 17.0 Å². The summed E-state index contributed by atoms with van der Waals surface area (Å²) in [6, 6.07) is 6.06. The van der Waals surface area contributed by atoms with Crippen LogP contribution in [0.1, 0.15) is 21.7 Å². The number of esters is 1. The molecular weight excluding hydrogens is 294 g/mol. The van der Waals surface area contributed by atoms with Crippen LogP contribution in [0.25, 0.3) is 0 Å². The first-order chi connectivity index (χ1) is 10.2. The summed E-state index contributed by atoms with van der Waals surface area (Å²) in [6.07, 6.45) is 2.96. The van der Waals surface area contributed by atoms with Crippen LogP contribution in [0.4, 0.5) is 0 Å². The lowest BCUT2D eigenvalue weighted by Gasteiger charge is -2.25. The predicted molar refractivity (Wildman–Crippen MR) is 74.6 cm³/mol. The summed E-state index contributed by atoms with van der Waals surface area (Å²) in [7, 11) is 1.31. The number of rotatable bonds is 3. The molecule has 6 nitrogen and oxygen atoms in total. The maximum atomic E-state index is 12.6. The maximum Gasteiger partial charge on any atom is 0.329 e. The van der Waals surface area contributed by atoms with E-state index in [2.05, 4.69) is 0 Å². The lowest BCUT2D eigenvalue weighted by molar-refractivity contribution is -0.145. The monoisotopic (exact) mass is 307 g/mol. The maximum absolute atomic E-state index is 12.6. The van der Waals surface area contributed by atoms with Crippen molar-refractivity contribution < 1.29 is 23.2 Å². The molecule has 1 aliphatic heterocycles. The van der Waals surface area contributed by atoms with Crippen LogP contribution in [0.3, 0.4) is 0 Å². The van der Waals surface area contributed by atoms with Crippen molar-refractivity contribution in [2.24, 2.45) is 0 Å². The molecule has 0 spiro atoms. The van der Waals surface area contributed by atoms with Crippen LogP contribution in [-0.4, -0.2) is 35.7 Å². The molecule has 7 heteroatoms. The van der Waals surface area contributed by atoms with Gasteiger partial charge in [-0.25, -0.2) is 4.79 Å². The molecule has 0 aromatic carbocycles. The highest BCUT2D eigenvalue weighted by Crippen LogP contribution is 2.42. The molecule has 110 valence electrons. The van der Waals surface area contributed by atoms with E-state index in [9.17, 15) is 9.59 Å². The number of furan rings is 2. The Morgan fingerprint density at radius 3 is 2.67 bits per heavy atom. The van der Waals surface area contributed by atoms with Crippen LogP contribution in [0.15, 0.2) is 45.6 Å². The van der Waals surface area contributed by atoms with E-state index in [1.165, 1.54) is 36.3 Å². The van der Waals surface area contributed by atoms with Crippen LogP contribution >= 0.6 is 11.8 Å². The molecule has 1 saturated heterocycles. The number of nitrogens with zero attached hydrogens (tertiary/aromatic N) is 1. The third-order valence-electron chi connectivity index (χ3n) is 3.23. The minimum absolute atomic E-state index is 0.183. The highest BCUT2D eigenvalue weighted by atomic mass is 32.2. The predicted octanol–water partition coefficient (Wildman–Crippen LogP) is 2.30. The number of hydrogen-bond acceptors (Lipinski definition) is 6. The molecule has 0 saturated carbocycles. The molecule has 3 heterocycles. The zero-order valence-electron chi connectivity index (χ0n) is 11.2. The van der Waals surface area contributed by atoms with Gasteiger partial charge in [-0.05, 0) is 24.3 Å². The fourth-order valence-electron chi connectivity index (χ4n) is 2.25. The molecule has 1 aliphatic rings. The van der Waals surface area contributed by atoms with Gasteiger partial charge in [0.15, 0.2) is 5.76 Å². The normalized spacial score (nSPS) is 21.5. The molecule has 0 aliphatic carbocycles. The van der Waals surface area contributed by atoms with Crippen LogP contribution < -0.4 is 0 Å². The molecule has 21 heavy (non-hydrogen) atoms. The Hall–Kier alpha value is -2.15. The zero-order chi connectivity index (χ0) is 14.8. The summed E-state index contributed by atoms with van der Waals surface area (Å²) < 4.78 is 15.3. The summed E-state index contributed by atoms with van der Waals surface area (Å²) in [5.41, 5.74) is 0. The summed E-state index contributed by atoms with van der Waals surface area (Å²) >= 11 is 1.45. The van der Waals surface area contributed by atoms with Crippen LogP contribution in [0.5, 0.6) is 0 Å². The Bertz CT molecular complexity index is 622. The van der Waals surface area contributed by atoms with Gasteiger partial charge in [0.25, 0.3) is 5.91 Å². The number of carbonyl (C=O) groups excluding carboxylic acids is 2. The zero-order valence-corrected chi connectivity index (χ0v) is 12.0. The van der Waals surface area contributed by atoms with Gasteiger partial charge in [-0.15, -0.1) is 11.8 Å². The lowest BCUT2D eigenvalue weighted by atomic mass is 10.2. The van der Waals surface area contributed by atoms with Crippen molar-refractivity contribution in [3.05, 3.63) is 48.3 Å². The Morgan fingerprint density at radius 2 is 2.05 bits per heavy atom. The molecule has 1 amide bonds. The van der Waals surface area contributed by atoms with Crippen molar-refractivity contribution in [1.82, 2.24) is 4.90 Å². The molecule has 2 unspecified atom stereocenters. The van der Waals surface area contributed by atoms with Crippen molar-refractivity contribution in [1.29, 1.82) is 0 Å². The van der Waals surface area contributed by atoms with Crippen molar-refractivity contribution in [3.8, 4) is 0 Å². The van der Waals surface area contributed by atoms with E-state index in [4.69, 9.17) is 13.6 Å². The van der Waals surface area contributed by atoms with E-state index >= 15 is 0 Å². The molecular formula is C14H13NO5S. The average molecular weight is 307 g/mol. The van der Waals surface area contributed by atoms with E-state index in [0.29, 0.717) is 11.5 Å². The second-order valence-electron chi connectivity index (χ2n) is 4.43. The smallest absolute Gasteiger partial charge is 0.329 e. The van der Waals surface area contributed by atoms with E-state index in [1.54, 1.807) is 24.3 Å². The van der Waals surface area contributed by atoms with Gasteiger partial charge >= 0.3 is 5.97 Å². The molecule has 0 radical (unpaired) electrons. The Kier molecular flexibility index (Phi) is 3.74. The van der Waals surface area contributed by atoms with Gasteiger partial charge in [-0.2, -0.15) is 0 Å². The first kappa shape index (κ1) is 13.8. The first-order valence-corrected chi connectivity index (χ1v) is 7.36. The Labute approximate surface area is 125 Å². The molecule has 1 fully saturated rings. The van der Waals surface area contributed by atoms with Crippen molar-refractivity contribution in [3.63, 3.8) is 0 Å². The number of methoxy groups -OCH3 is 1. The minimum Gasteiger partial charge on any atom is -0.467 e. The van der Waals surface area contributed by atoms with Crippen molar-refractivity contribution >= 4 is 23.6 Å². The third-order valence-corrected chi connectivity index (χ3v) is 4.51. The lowest BCUT2D eigenvalue weighted by Crippen LogP contribution is -2.43. The minimum atomic E-state index is -0.660. The molecule has 2 aromatic rings. The fourth-order valence-corrected chi connectivity index (χ4v) is 3.61. The number of amides is 1. The summed E-state index contributed by atoms with van der Waals surface area (Å²) in [6.45, 7) is 0. The molecule has 2 atom stereocenters. The van der Waals surface area contributed by atoms with Crippen LogP contribution in [0, 0.1) is 0 Å². The number of thioether (sulfide) groups is 1. The number of carbonyl (C=O) groups is 2. The van der Waals surface area contributed by atoms with Gasteiger partial charge in [0.1, 0.15) is 17.2 Å². The first-order valence-electron chi connectivity index (χ1n) is 6.31. The van der Waals surface area contributed by atoms with Gasteiger partial charge in [-0.3, -0.25) is 4.79 Å².